The molecule has 3 aromatic carbocycles. The van der Waals surface area contributed by atoms with Crippen molar-refractivity contribution in [2.75, 3.05) is 0 Å². The van der Waals surface area contributed by atoms with Gasteiger partial charge in [-0.05, 0) is 37.5 Å². The maximum absolute atomic E-state index is 6.54. The van der Waals surface area contributed by atoms with Crippen LogP contribution in [-0.2, 0) is 43.5 Å². The van der Waals surface area contributed by atoms with Gasteiger partial charge < -0.3 is 23.7 Å². The van der Waals surface area contributed by atoms with Crippen LogP contribution in [0.4, 0.5) is 0 Å². The van der Waals surface area contributed by atoms with Crippen molar-refractivity contribution in [2.45, 2.75) is 77.4 Å². The molecule has 0 bridgehead atoms. The average molecular weight is 477 g/mol. The van der Waals surface area contributed by atoms with Gasteiger partial charge in [0.2, 0.25) is 0 Å². The zero-order valence-corrected chi connectivity index (χ0v) is 20.8. The first-order chi connectivity index (χ1) is 17.1. The summed E-state index contributed by atoms with van der Waals surface area (Å²) < 4.78 is 31.9. The van der Waals surface area contributed by atoms with Gasteiger partial charge in [0.05, 0.1) is 32.0 Å². The summed E-state index contributed by atoms with van der Waals surface area (Å²) in [6.07, 6.45) is -1.99. The molecule has 1 heterocycles. The summed E-state index contributed by atoms with van der Waals surface area (Å²) >= 11 is 0. The summed E-state index contributed by atoms with van der Waals surface area (Å²) in [4.78, 5) is 0. The highest BCUT2D eigenvalue weighted by molar-refractivity contribution is 5.15. The highest BCUT2D eigenvalue weighted by atomic mass is 16.7. The van der Waals surface area contributed by atoms with E-state index in [1.165, 1.54) is 0 Å². The van der Waals surface area contributed by atoms with Crippen molar-refractivity contribution in [1.29, 1.82) is 0 Å². The molecule has 5 atom stereocenters. The van der Waals surface area contributed by atoms with E-state index in [1.807, 2.05) is 87.5 Å². The highest BCUT2D eigenvalue weighted by Gasteiger charge is 2.47. The van der Waals surface area contributed by atoms with Gasteiger partial charge in [-0.25, -0.2) is 0 Å². The molecule has 0 aliphatic carbocycles. The number of rotatable bonds is 11. The van der Waals surface area contributed by atoms with Crippen LogP contribution < -0.4 is 0 Å². The van der Waals surface area contributed by atoms with Crippen LogP contribution in [0.1, 0.15) is 37.5 Å². The van der Waals surface area contributed by atoms with Crippen molar-refractivity contribution >= 4 is 0 Å². The predicted molar refractivity (Wildman–Crippen MR) is 136 cm³/mol. The van der Waals surface area contributed by atoms with E-state index in [9.17, 15) is 0 Å². The number of hydrogen-bond donors (Lipinski definition) is 0. The van der Waals surface area contributed by atoms with E-state index in [2.05, 4.69) is 24.3 Å². The molecule has 1 aliphatic rings. The fourth-order valence-corrected chi connectivity index (χ4v) is 4.25. The molecule has 0 radical (unpaired) electrons. The van der Waals surface area contributed by atoms with E-state index in [1.54, 1.807) is 0 Å². The normalized spacial score (nSPS) is 24.5. The third kappa shape index (κ3) is 7.47. The maximum Gasteiger partial charge on any atom is 0.187 e. The SMILES string of the molecule is CC(C)O[C@@H]1O[C@@H](C)[C@H](OCc2ccccc2)[C@@H](OCc2ccccc2)[C@H]1OCc1ccccc1. The average Bonchev–Trinajstić information content (AvgIpc) is 2.88. The van der Waals surface area contributed by atoms with Crippen molar-refractivity contribution in [1.82, 2.24) is 0 Å². The van der Waals surface area contributed by atoms with Gasteiger partial charge in [0.25, 0.3) is 0 Å². The minimum absolute atomic E-state index is 0.0217. The van der Waals surface area contributed by atoms with E-state index in [0.29, 0.717) is 19.8 Å². The molecule has 3 aromatic rings. The predicted octanol–water partition coefficient (Wildman–Crippen LogP) is 5.91. The van der Waals surface area contributed by atoms with Gasteiger partial charge in [0.15, 0.2) is 6.29 Å². The third-order valence-electron chi connectivity index (χ3n) is 5.99. The van der Waals surface area contributed by atoms with Gasteiger partial charge >= 0.3 is 0 Å². The van der Waals surface area contributed by atoms with Crippen LogP contribution in [0.15, 0.2) is 91.0 Å². The summed E-state index contributed by atoms with van der Waals surface area (Å²) in [6, 6.07) is 30.4. The molecule has 0 N–H and O–H groups in total. The van der Waals surface area contributed by atoms with Gasteiger partial charge in [-0.3, -0.25) is 0 Å². The molecule has 0 amide bonds. The molecular formula is C30H36O5. The first-order valence-electron chi connectivity index (χ1n) is 12.4. The van der Waals surface area contributed by atoms with E-state index >= 15 is 0 Å². The third-order valence-corrected chi connectivity index (χ3v) is 5.99. The minimum atomic E-state index is -0.564. The lowest BCUT2D eigenvalue weighted by Crippen LogP contribution is -2.60. The lowest BCUT2D eigenvalue weighted by Gasteiger charge is -2.45. The fraction of sp³-hybridized carbons (Fsp3) is 0.400. The van der Waals surface area contributed by atoms with Gasteiger partial charge in [0, 0.05) is 0 Å². The quantitative estimate of drug-likeness (QED) is 0.344. The van der Waals surface area contributed by atoms with Crippen molar-refractivity contribution in [3.63, 3.8) is 0 Å². The Morgan fingerprint density at radius 1 is 0.600 bits per heavy atom. The lowest BCUT2D eigenvalue weighted by atomic mass is 9.98. The Bertz CT molecular complexity index is 979. The van der Waals surface area contributed by atoms with Crippen molar-refractivity contribution < 1.29 is 23.7 Å². The summed E-state index contributed by atoms with van der Waals surface area (Å²) in [7, 11) is 0. The molecule has 0 spiro atoms. The van der Waals surface area contributed by atoms with Crippen molar-refractivity contribution in [3.8, 4) is 0 Å². The summed E-state index contributed by atoms with van der Waals surface area (Å²) in [5.41, 5.74) is 3.28. The second-order valence-corrected chi connectivity index (χ2v) is 9.18. The van der Waals surface area contributed by atoms with E-state index in [-0.39, 0.29) is 24.4 Å². The van der Waals surface area contributed by atoms with E-state index in [0.717, 1.165) is 16.7 Å². The number of hydrogen-bond acceptors (Lipinski definition) is 5. The highest BCUT2D eigenvalue weighted by Crippen LogP contribution is 2.31. The zero-order valence-electron chi connectivity index (χ0n) is 20.8. The summed E-state index contributed by atoms with van der Waals surface area (Å²) in [5, 5.41) is 0. The zero-order chi connectivity index (χ0) is 24.5. The molecule has 0 unspecified atom stereocenters. The molecule has 0 aromatic heterocycles. The van der Waals surface area contributed by atoms with Gasteiger partial charge in [-0.1, -0.05) is 91.0 Å². The van der Waals surface area contributed by atoms with Gasteiger partial charge in [-0.15, -0.1) is 0 Å². The van der Waals surface area contributed by atoms with E-state index in [4.69, 9.17) is 23.7 Å². The summed E-state index contributed by atoms with van der Waals surface area (Å²) in [5.74, 6) is 0. The number of ether oxygens (including phenoxy) is 5. The molecular weight excluding hydrogens is 440 g/mol. The second-order valence-electron chi connectivity index (χ2n) is 9.18. The minimum Gasteiger partial charge on any atom is -0.368 e. The maximum atomic E-state index is 6.54. The molecule has 35 heavy (non-hydrogen) atoms. The van der Waals surface area contributed by atoms with Crippen molar-refractivity contribution in [3.05, 3.63) is 108 Å². The standard InChI is InChI=1S/C30H36O5/c1-22(2)34-30-29(33-21-26-17-11-6-12-18-26)28(32-20-25-15-9-5-10-16-25)27(23(3)35-30)31-19-24-13-7-4-8-14-24/h4-18,22-23,27-30H,19-21H2,1-3H3/t23-,27-,28+,29+,30+/m0/s1. The van der Waals surface area contributed by atoms with Crippen LogP contribution in [0, 0.1) is 0 Å². The van der Waals surface area contributed by atoms with E-state index < -0.39 is 12.4 Å². The molecule has 4 rings (SSSR count). The first kappa shape index (κ1) is 25.5. The Kier molecular flexibility index (Phi) is 9.46. The molecule has 0 saturated carbocycles. The lowest BCUT2D eigenvalue weighted by molar-refractivity contribution is -0.326. The van der Waals surface area contributed by atoms with Crippen LogP contribution in [0.25, 0.3) is 0 Å². The molecule has 1 saturated heterocycles. The largest absolute Gasteiger partial charge is 0.368 e. The monoisotopic (exact) mass is 476 g/mol. The Hall–Kier alpha value is -2.54. The van der Waals surface area contributed by atoms with Crippen LogP contribution in [-0.4, -0.2) is 36.8 Å². The number of benzene rings is 3. The van der Waals surface area contributed by atoms with Crippen LogP contribution in [0.5, 0.6) is 0 Å². The summed E-state index contributed by atoms with van der Waals surface area (Å²) in [6.45, 7) is 7.35. The molecule has 186 valence electrons. The smallest absolute Gasteiger partial charge is 0.187 e. The van der Waals surface area contributed by atoms with Crippen LogP contribution in [0.2, 0.25) is 0 Å². The fourth-order valence-electron chi connectivity index (χ4n) is 4.25. The topological polar surface area (TPSA) is 46.2 Å². The van der Waals surface area contributed by atoms with Crippen LogP contribution >= 0.6 is 0 Å². The second kappa shape index (κ2) is 13.0. The molecule has 1 fully saturated rings. The first-order valence-corrected chi connectivity index (χ1v) is 12.4. The Morgan fingerprint density at radius 2 is 1.00 bits per heavy atom. The Morgan fingerprint density at radius 3 is 1.43 bits per heavy atom. The van der Waals surface area contributed by atoms with Crippen LogP contribution in [0.3, 0.4) is 0 Å². The van der Waals surface area contributed by atoms with Gasteiger partial charge in [-0.2, -0.15) is 0 Å². The Balaban J connectivity index is 1.57. The molecule has 1 aliphatic heterocycles. The Labute approximate surface area is 208 Å². The molecule has 5 heteroatoms. The molecule has 5 nitrogen and oxygen atoms in total. The van der Waals surface area contributed by atoms with Crippen molar-refractivity contribution in [2.24, 2.45) is 0 Å². The van der Waals surface area contributed by atoms with Gasteiger partial charge in [0.1, 0.15) is 18.3 Å².